The second-order valence-corrected chi connectivity index (χ2v) is 4.67. The first kappa shape index (κ1) is 15.1. The molecule has 1 amide bonds. The van der Waals surface area contributed by atoms with Crippen LogP contribution in [-0.4, -0.2) is 15.7 Å². The summed E-state index contributed by atoms with van der Waals surface area (Å²) in [7, 11) is 1.68. The van der Waals surface area contributed by atoms with E-state index in [9.17, 15) is 18.0 Å². The van der Waals surface area contributed by atoms with Gasteiger partial charge in [-0.15, -0.1) is 0 Å². The van der Waals surface area contributed by atoms with Crippen molar-refractivity contribution in [2.45, 2.75) is 19.5 Å². The molecule has 0 aliphatic rings. The summed E-state index contributed by atoms with van der Waals surface area (Å²) in [5, 5.41) is 6.39. The van der Waals surface area contributed by atoms with Crippen LogP contribution in [0.15, 0.2) is 30.3 Å². The van der Waals surface area contributed by atoms with Crippen molar-refractivity contribution in [2.75, 3.05) is 5.32 Å². The number of hydrogen-bond donors (Lipinski definition) is 1. The van der Waals surface area contributed by atoms with Gasteiger partial charge in [-0.25, -0.2) is 0 Å². The maximum atomic E-state index is 12.8. The highest BCUT2D eigenvalue weighted by Crippen LogP contribution is 2.34. The Kier molecular flexibility index (Phi) is 4.02. The highest BCUT2D eigenvalue weighted by molar-refractivity contribution is 5.92. The third-order valence-electron chi connectivity index (χ3n) is 2.95. The fourth-order valence-corrected chi connectivity index (χ4v) is 2.03. The second-order valence-electron chi connectivity index (χ2n) is 4.67. The average Bonchev–Trinajstić information content (AvgIpc) is 2.67. The molecule has 2 aromatic rings. The molecule has 1 aromatic heterocycles. The van der Waals surface area contributed by atoms with Gasteiger partial charge in [-0.2, -0.15) is 18.3 Å². The Balaban J connectivity index is 2.15. The largest absolute Gasteiger partial charge is 0.418 e. The molecular weight excluding hydrogens is 283 g/mol. The summed E-state index contributed by atoms with van der Waals surface area (Å²) in [5.41, 5.74) is 0.277. The minimum atomic E-state index is -4.51. The molecule has 21 heavy (non-hydrogen) atoms. The number of carbonyl (C=O) groups excluding carboxylic acids is 1. The maximum absolute atomic E-state index is 12.8. The molecule has 0 atom stereocenters. The van der Waals surface area contributed by atoms with Crippen molar-refractivity contribution in [3.63, 3.8) is 0 Å². The number of amides is 1. The Hall–Kier alpha value is -2.31. The van der Waals surface area contributed by atoms with Crippen molar-refractivity contribution in [1.29, 1.82) is 0 Å². The number of alkyl halides is 3. The standard InChI is InChI=1S/C14H14F3N3O/c1-9-7-10(20(2)19-9)8-13(21)18-12-6-4-3-5-11(12)14(15,16)17/h3-7H,8H2,1-2H3,(H,18,21). The van der Waals surface area contributed by atoms with Crippen LogP contribution in [0.25, 0.3) is 0 Å². The molecule has 1 heterocycles. The first-order chi connectivity index (χ1) is 9.77. The van der Waals surface area contributed by atoms with E-state index in [-0.39, 0.29) is 12.1 Å². The molecule has 0 radical (unpaired) electrons. The highest BCUT2D eigenvalue weighted by atomic mass is 19.4. The predicted octanol–water partition coefficient (Wildman–Crippen LogP) is 2.93. The first-order valence-corrected chi connectivity index (χ1v) is 6.23. The number of halogens is 3. The van der Waals surface area contributed by atoms with Crippen LogP contribution in [0.4, 0.5) is 18.9 Å². The molecular formula is C14H14F3N3O. The number of rotatable bonds is 3. The average molecular weight is 297 g/mol. The van der Waals surface area contributed by atoms with E-state index in [4.69, 9.17) is 0 Å². The Morgan fingerprint density at radius 2 is 2.00 bits per heavy atom. The van der Waals surface area contributed by atoms with Crippen LogP contribution in [0.1, 0.15) is 17.0 Å². The van der Waals surface area contributed by atoms with Gasteiger partial charge in [0, 0.05) is 12.7 Å². The summed E-state index contributed by atoms with van der Waals surface area (Å²) in [5.74, 6) is -0.519. The lowest BCUT2D eigenvalue weighted by atomic mass is 10.1. The zero-order chi connectivity index (χ0) is 15.6. The summed E-state index contributed by atoms with van der Waals surface area (Å²) in [6, 6.07) is 6.61. The molecule has 0 aliphatic carbocycles. The summed E-state index contributed by atoms with van der Waals surface area (Å²) < 4.78 is 40.0. The van der Waals surface area contributed by atoms with Gasteiger partial charge in [0.2, 0.25) is 5.91 Å². The normalized spacial score (nSPS) is 11.5. The fraction of sp³-hybridized carbons (Fsp3) is 0.286. The first-order valence-electron chi connectivity index (χ1n) is 6.23. The van der Waals surface area contributed by atoms with Gasteiger partial charge in [0.1, 0.15) is 0 Å². The lowest BCUT2D eigenvalue weighted by Gasteiger charge is -2.13. The van der Waals surface area contributed by atoms with Crippen molar-refractivity contribution in [3.8, 4) is 0 Å². The lowest BCUT2D eigenvalue weighted by Crippen LogP contribution is -2.19. The zero-order valence-electron chi connectivity index (χ0n) is 11.5. The van der Waals surface area contributed by atoms with Crippen LogP contribution >= 0.6 is 0 Å². The van der Waals surface area contributed by atoms with Gasteiger partial charge >= 0.3 is 6.18 Å². The van der Waals surface area contributed by atoms with Gasteiger partial charge in [-0.3, -0.25) is 9.48 Å². The van der Waals surface area contributed by atoms with Gasteiger partial charge < -0.3 is 5.32 Å². The van der Waals surface area contributed by atoms with E-state index in [1.165, 1.54) is 22.9 Å². The van der Waals surface area contributed by atoms with Gasteiger partial charge in [0.05, 0.1) is 23.4 Å². The number of hydrogen-bond acceptors (Lipinski definition) is 2. The van der Waals surface area contributed by atoms with E-state index in [2.05, 4.69) is 10.4 Å². The van der Waals surface area contributed by atoms with Crippen LogP contribution in [0, 0.1) is 6.92 Å². The number of nitrogens with one attached hydrogen (secondary N) is 1. The Morgan fingerprint density at radius 1 is 1.33 bits per heavy atom. The third-order valence-corrected chi connectivity index (χ3v) is 2.95. The van der Waals surface area contributed by atoms with Crippen LogP contribution < -0.4 is 5.32 Å². The van der Waals surface area contributed by atoms with Gasteiger partial charge in [0.15, 0.2) is 0 Å². The lowest BCUT2D eigenvalue weighted by molar-refractivity contribution is -0.137. The Labute approximate surface area is 119 Å². The summed E-state index contributed by atoms with van der Waals surface area (Å²) >= 11 is 0. The molecule has 0 spiro atoms. The predicted molar refractivity (Wildman–Crippen MR) is 71.7 cm³/mol. The zero-order valence-corrected chi connectivity index (χ0v) is 11.5. The molecule has 0 aliphatic heterocycles. The Morgan fingerprint density at radius 3 is 2.57 bits per heavy atom. The SMILES string of the molecule is Cc1cc(CC(=O)Nc2ccccc2C(F)(F)F)n(C)n1. The van der Waals surface area contributed by atoms with Gasteiger partial charge in [-0.1, -0.05) is 12.1 Å². The molecule has 0 saturated heterocycles. The molecule has 1 N–H and O–H groups in total. The minimum absolute atomic E-state index is 0.0382. The number of carbonyl (C=O) groups is 1. The van der Waals surface area contributed by atoms with E-state index >= 15 is 0 Å². The van der Waals surface area contributed by atoms with E-state index < -0.39 is 17.6 Å². The molecule has 0 fully saturated rings. The second kappa shape index (κ2) is 5.59. The molecule has 0 bridgehead atoms. The minimum Gasteiger partial charge on any atom is -0.325 e. The quantitative estimate of drug-likeness (QED) is 0.947. The van der Waals surface area contributed by atoms with Crippen molar-refractivity contribution in [2.24, 2.45) is 7.05 Å². The summed E-state index contributed by atoms with van der Waals surface area (Å²) in [4.78, 5) is 11.9. The van der Waals surface area contributed by atoms with Crippen LogP contribution in [-0.2, 0) is 24.4 Å². The molecule has 4 nitrogen and oxygen atoms in total. The van der Waals surface area contributed by atoms with Crippen molar-refractivity contribution < 1.29 is 18.0 Å². The van der Waals surface area contributed by atoms with Crippen molar-refractivity contribution >= 4 is 11.6 Å². The molecule has 7 heteroatoms. The van der Waals surface area contributed by atoms with Crippen molar-refractivity contribution in [3.05, 3.63) is 47.3 Å². The fourth-order valence-electron chi connectivity index (χ4n) is 2.03. The Bertz CT molecular complexity index is 662. The van der Waals surface area contributed by atoms with Crippen LogP contribution in [0.5, 0.6) is 0 Å². The molecule has 1 aromatic carbocycles. The number of anilines is 1. The van der Waals surface area contributed by atoms with E-state index in [0.29, 0.717) is 5.69 Å². The number of nitrogens with zero attached hydrogens (tertiary/aromatic N) is 2. The van der Waals surface area contributed by atoms with Crippen LogP contribution in [0.2, 0.25) is 0 Å². The van der Waals surface area contributed by atoms with Gasteiger partial charge in [-0.05, 0) is 25.1 Å². The smallest absolute Gasteiger partial charge is 0.325 e. The molecule has 2 rings (SSSR count). The molecule has 0 unspecified atom stereocenters. The third kappa shape index (κ3) is 3.62. The van der Waals surface area contributed by atoms with E-state index in [1.807, 2.05) is 0 Å². The summed E-state index contributed by atoms with van der Waals surface area (Å²) in [6.07, 6.45) is -4.55. The topological polar surface area (TPSA) is 46.9 Å². The summed E-state index contributed by atoms with van der Waals surface area (Å²) in [6.45, 7) is 1.78. The maximum Gasteiger partial charge on any atom is 0.418 e. The number of benzene rings is 1. The number of aryl methyl sites for hydroxylation is 2. The van der Waals surface area contributed by atoms with Crippen LogP contribution in [0.3, 0.4) is 0 Å². The molecule has 0 saturated carbocycles. The monoisotopic (exact) mass is 297 g/mol. The van der Waals surface area contributed by atoms with Crippen molar-refractivity contribution in [1.82, 2.24) is 9.78 Å². The van der Waals surface area contributed by atoms with E-state index in [1.54, 1.807) is 20.0 Å². The highest BCUT2D eigenvalue weighted by Gasteiger charge is 2.33. The van der Waals surface area contributed by atoms with Gasteiger partial charge in [0.25, 0.3) is 0 Å². The molecule has 112 valence electrons. The number of aromatic nitrogens is 2. The number of para-hydroxylation sites is 1. The van der Waals surface area contributed by atoms with E-state index in [0.717, 1.165) is 11.8 Å².